The van der Waals surface area contributed by atoms with E-state index in [1.54, 1.807) is 23.2 Å². The number of rotatable bonds is 4. The fourth-order valence-corrected chi connectivity index (χ4v) is 2.71. The molecule has 0 radical (unpaired) electrons. The minimum Gasteiger partial charge on any atom is -0.482 e. The molecule has 3 rings (SSSR count). The summed E-state index contributed by atoms with van der Waals surface area (Å²) in [6.45, 7) is 3.29. The average molecular weight is 336 g/mol. The van der Waals surface area contributed by atoms with Crippen molar-refractivity contribution < 1.29 is 14.3 Å². The quantitative estimate of drug-likeness (QED) is 0.931. The smallest absolute Gasteiger partial charge is 0.261 e. The highest BCUT2D eigenvalue weighted by Gasteiger charge is 2.30. The number of carbonyl (C=O) groups excluding carboxylic acids is 1. The Balaban J connectivity index is 1.68. The molecular formula is C16H18ClN3O3. The van der Waals surface area contributed by atoms with Crippen LogP contribution >= 0.6 is 11.6 Å². The summed E-state index contributed by atoms with van der Waals surface area (Å²) in [4.78, 5) is 21.7. The van der Waals surface area contributed by atoms with Crippen LogP contribution in [0.15, 0.2) is 30.5 Å². The highest BCUT2D eigenvalue weighted by molar-refractivity contribution is 6.32. The predicted molar refractivity (Wildman–Crippen MR) is 85.5 cm³/mol. The van der Waals surface area contributed by atoms with Gasteiger partial charge in [0.15, 0.2) is 6.61 Å². The van der Waals surface area contributed by atoms with Crippen LogP contribution in [0.4, 0.5) is 0 Å². The van der Waals surface area contributed by atoms with Gasteiger partial charge < -0.3 is 19.4 Å². The Hall–Kier alpha value is -2.05. The molecule has 0 spiro atoms. The summed E-state index contributed by atoms with van der Waals surface area (Å²) in [5.74, 6) is 1.11. The van der Waals surface area contributed by atoms with Crippen LogP contribution in [-0.2, 0) is 9.53 Å². The molecule has 1 aliphatic rings. The number of imidazole rings is 1. The molecule has 0 unspecified atom stereocenters. The lowest BCUT2D eigenvalue weighted by atomic mass is 10.2. The van der Waals surface area contributed by atoms with Gasteiger partial charge in [-0.1, -0.05) is 23.7 Å². The SMILES string of the molecule is Cc1cnc([C@H]2COCCN2C(=O)COc2ccccc2Cl)[nH]1. The Morgan fingerprint density at radius 3 is 3.09 bits per heavy atom. The molecule has 122 valence electrons. The van der Waals surface area contributed by atoms with Crippen molar-refractivity contribution in [1.82, 2.24) is 14.9 Å². The van der Waals surface area contributed by atoms with Crippen molar-refractivity contribution in [3.63, 3.8) is 0 Å². The number of aryl methyl sites for hydroxylation is 1. The van der Waals surface area contributed by atoms with E-state index >= 15 is 0 Å². The number of benzene rings is 1. The lowest BCUT2D eigenvalue weighted by Gasteiger charge is -2.34. The second-order valence-electron chi connectivity index (χ2n) is 5.35. The third-order valence-corrected chi connectivity index (χ3v) is 3.99. The van der Waals surface area contributed by atoms with E-state index in [1.165, 1.54) is 0 Å². The van der Waals surface area contributed by atoms with Crippen molar-refractivity contribution in [1.29, 1.82) is 0 Å². The molecule has 23 heavy (non-hydrogen) atoms. The number of morpholine rings is 1. The van der Waals surface area contributed by atoms with Gasteiger partial charge in [0.1, 0.15) is 17.6 Å². The van der Waals surface area contributed by atoms with Crippen LogP contribution in [0.25, 0.3) is 0 Å². The first-order chi connectivity index (χ1) is 11.1. The Morgan fingerprint density at radius 2 is 2.35 bits per heavy atom. The first kappa shape index (κ1) is 15.8. The van der Waals surface area contributed by atoms with Gasteiger partial charge in [0.25, 0.3) is 5.91 Å². The number of aromatic amines is 1. The summed E-state index contributed by atoms with van der Waals surface area (Å²) < 4.78 is 11.0. The van der Waals surface area contributed by atoms with Crippen molar-refractivity contribution in [3.05, 3.63) is 47.0 Å². The van der Waals surface area contributed by atoms with Gasteiger partial charge in [-0.15, -0.1) is 0 Å². The predicted octanol–water partition coefficient (Wildman–Crippen LogP) is 2.35. The van der Waals surface area contributed by atoms with Gasteiger partial charge in [0, 0.05) is 18.4 Å². The molecule has 1 N–H and O–H groups in total. The lowest BCUT2D eigenvalue weighted by Crippen LogP contribution is -2.45. The Morgan fingerprint density at radius 1 is 1.52 bits per heavy atom. The molecule has 2 aromatic rings. The molecule has 6 nitrogen and oxygen atoms in total. The van der Waals surface area contributed by atoms with Gasteiger partial charge in [-0.3, -0.25) is 4.79 Å². The minimum atomic E-state index is -0.222. The van der Waals surface area contributed by atoms with E-state index in [4.69, 9.17) is 21.1 Å². The molecule has 0 aliphatic carbocycles. The van der Waals surface area contributed by atoms with E-state index < -0.39 is 0 Å². The molecule has 1 aromatic heterocycles. The number of amides is 1. The molecule has 7 heteroatoms. The fourth-order valence-electron chi connectivity index (χ4n) is 2.52. The largest absolute Gasteiger partial charge is 0.482 e. The van der Waals surface area contributed by atoms with E-state index in [0.29, 0.717) is 30.5 Å². The molecule has 0 bridgehead atoms. The highest BCUT2D eigenvalue weighted by Crippen LogP contribution is 2.25. The van der Waals surface area contributed by atoms with Crippen molar-refractivity contribution in [2.75, 3.05) is 26.4 Å². The van der Waals surface area contributed by atoms with Crippen LogP contribution in [0.3, 0.4) is 0 Å². The minimum absolute atomic E-state index is 0.0695. The maximum absolute atomic E-state index is 12.5. The molecule has 1 fully saturated rings. The second kappa shape index (κ2) is 7.02. The zero-order chi connectivity index (χ0) is 16.2. The van der Waals surface area contributed by atoms with E-state index in [-0.39, 0.29) is 18.6 Å². The third kappa shape index (κ3) is 3.65. The Labute approximate surface area is 139 Å². The van der Waals surface area contributed by atoms with E-state index in [9.17, 15) is 4.79 Å². The number of halogens is 1. The fraction of sp³-hybridized carbons (Fsp3) is 0.375. The standard InChI is InChI=1S/C16H18ClN3O3/c1-11-8-18-16(19-11)13-9-22-7-6-20(13)15(21)10-23-14-5-3-2-4-12(14)17/h2-5,8,13H,6-7,9-10H2,1H3,(H,18,19)/t13-/m1/s1. The number of H-pyrrole nitrogens is 1. The maximum Gasteiger partial charge on any atom is 0.261 e. The van der Waals surface area contributed by atoms with Gasteiger partial charge in [0.05, 0.1) is 18.2 Å². The van der Waals surface area contributed by atoms with E-state index in [2.05, 4.69) is 9.97 Å². The summed E-state index contributed by atoms with van der Waals surface area (Å²) in [5.41, 5.74) is 0.949. The number of ether oxygens (including phenoxy) is 2. The van der Waals surface area contributed by atoms with Gasteiger partial charge in [-0.2, -0.15) is 0 Å². The molecule has 1 aliphatic heterocycles. The number of nitrogens with zero attached hydrogens (tertiary/aromatic N) is 2. The van der Waals surface area contributed by atoms with Crippen molar-refractivity contribution in [3.8, 4) is 5.75 Å². The van der Waals surface area contributed by atoms with Crippen molar-refractivity contribution in [2.24, 2.45) is 0 Å². The van der Waals surface area contributed by atoms with Crippen LogP contribution in [0.2, 0.25) is 5.02 Å². The summed E-state index contributed by atoms with van der Waals surface area (Å²) in [6.07, 6.45) is 1.74. The van der Waals surface area contributed by atoms with Crippen molar-refractivity contribution in [2.45, 2.75) is 13.0 Å². The number of carbonyl (C=O) groups is 1. The van der Waals surface area contributed by atoms with Gasteiger partial charge in [-0.25, -0.2) is 4.98 Å². The van der Waals surface area contributed by atoms with Gasteiger partial charge in [-0.05, 0) is 19.1 Å². The maximum atomic E-state index is 12.5. The van der Waals surface area contributed by atoms with Crippen LogP contribution in [-0.4, -0.2) is 47.1 Å². The molecule has 0 saturated carbocycles. The monoisotopic (exact) mass is 335 g/mol. The number of hydrogen-bond donors (Lipinski definition) is 1. The van der Waals surface area contributed by atoms with Crippen LogP contribution < -0.4 is 4.74 Å². The van der Waals surface area contributed by atoms with Crippen LogP contribution in [0.1, 0.15) is 17.6 Å². The normalized spacial score (nSPS) is 18.0. The molecule has 1 saturated heterocycles. The average Bonchev–Trinajstić information content (AvgIpc) is 3.00. The summed E-state index contributed by atoms with van der Waals surface area (Å²) in [6, 6.07) is 6.87. The van der Waals surface area contributed by atoms with E-state index in [0.717, 1.165) is 11.5 Å². The molecule has 1 amide bonds. The summed E-state index contributed by atoms with van der Waals surface area (Å²) >= 11 is 6.04. The molecule has 1 atom stereocenters. The third-order valence-electron chi connectivity index (χ3n) is 3.67. The first-order valence-electron chi connectivity index (χ1n) is 7.41. The zero-order valence-corrected chi connectivity index (χ0v) is 13.5. The topological polar surface area (TPSA) is 67.4 Å². The second-order valence-corrected chi connectivity index (χ2v) is 5.76. The van der Waals surface area contributed by atoms with Gasteiger partial charge in [0.2, 0.25) is 0 Å². The number of nitrogens with one attached hydrogen (secondary N) is 1. The van der Waals surface area contributed by atoms with E-state index in [1.807, 2.05) is 19.1 Å². The molecule has 1 aromatic carbocycles. The highest BCUT2D eigenvalue weighted by atomic mass is 35.5. The Bertz CT molecular complexity index is 689. The lowest BCUT2D eigenvalue weighted by molar-refractivity contribution is -0.142. The number of hydrogen-bond acceptors (Lipinski definition) is 4. The first-order valence-corrected chi connectivity index (χ1v) is 7.79. The molecule has 2 heterocycles. The zero-order valence-electron chi connectivity index (χ0n) is 12.8. The van der Waals surface area contributed by atoms with Crippen molar-refractivity contribution >= 4 is 17.5 Å². The van der Waals surface area contributed by atoms with Crippen LogP contribution in [0, 0.1) is 6.92 Å². The Kier molecular flexibility index (Phi) is 4.83. The van der Waals surface area contributed by atoms with Crippen LogP contribution in [0.5, 0.6) is 5.75 Å². The summed E-state index contributed by atoms with van der Waals surface area (Å²) in [7, 11) is 0. The molecular weight excluding hydrogens is 318 g/mol. The number of aromatic nitrogens is 2. The van der Waals surface area contributed by atoms with Gasteiger partial charge >= 0.3 is 0 Å². The number of para-hydroxylation sites is 1. The summed E-state index contributed by atoms with van der Waals surface area (Å²) in [5, 5.41) is 0.487.